The smallest absolute Gasteiger partial charge is 0.282 e. The molecule has 1 unspecified atom stereocenters. The van der Waals surface area contributed by atoms with Crippen LogP contribution in [0, 0.1) is 10.1 Å². The highest BCUT2D eigenvalue weighted by atomic mass is 16.6. The summed E-state index contributed by atoms with van der Waals surface area (Å²) < 4.78 is 10.9. The second-order valence-corrected chi connectivity index (χ2v) is 8.71. The van der Waals surface area contributed by atoms with E-state index < -0.39 is 10.8 Å². The van der Waals surface area contributed by atoms with E-state index in [1.807, 2.05) is 24.3 Å². The summed E-state index contributed by atoms with van der Waals surface area (Å²) in [4.78, 5) is 25.7. The highest BCUT2D eigenvalue weighted by molar-refractivity contribution is 6.07. The molecule has 0 radical (unpaired) electrons. The highest BCUT2D eigenvalue weighted by Crippen LogP contribution is 2.34. The fraction of sp³-hybridized carbons (Fsp3) is 0.296. The van der Waals surface area contributed by atoms with Crippen LogP contribution in [0.2, 0.25) is 0 Å². The van der Waals surface area contributed by atoms with Gasteiger partial charge < -0.3 is 14.8 Å². The fourth-order valence-corrected chi connectivity index (χ4v) is 4.51. The van der Waals surface area contributed by atoms with Crippen LogP contribution in [0.4, 0.5) is 11.4 Å². The molecule has 0 aliphatic carbocycles. The van der Waals surface area contributed by atoms with Crippen LogP contribution in [-0.4, -0.2) is 43.0 Å². The number of hydrogen-bond donors (Lipinski definition) is 1. The van der Waals surface area contributed by atoms with E-state index in [4.69, 9.17) is 9.47 Å². The summed E-state index contributed by atoms with van der Waals surface area (Å²) in [5, 5.41) is 14.0. The molecule has 0 saturated heterocycles. The lowest BCUT2D eigenvalue weighted by atomic mass is 9.95. The first-order chi connectivity index (χ1) is 16.9. The Balaban J connectivity index is 1.39. The molecular formula is C27H29N3O5. The quantitative estimate of drug-likeness (QED) is 0.363. The molecule has 8 heteroatoms. The van der Waals surface area contributed by atoms with Gasteiger partial charge in [0.25, 0.3) is 11.6 Å². The third kappa shape index (κ3) is 5.44. The monoisotopic (exact) mass is 475 g/mol. The van der Waals surface area contributed by atoms with E-state index in [2.05, 4.69) is 29.3 Å². The molecule has 0 bridgehead atoms. The molecule has 0 saturated carbocycles. The number of nitrogens with zero attached hydrogens (tertiary/aromatic N) is 2. The summed E-state index contributed by atoms with van der Waals surface area (Å²) in [5.41, 5.74) is 4.13. The summed E-state index contributed by atoms with van der Waals surface area (Å²) in [5.74, 6) is 1.30. The van der Waals surface area contributed by atoms with Gasteiger partial charge in [0.15, 0.2) is 11.5 Å². The first-order valence-corrected chi connectivity index (χ1v) is 11.5. The molecule has 182 valence electrons. The number of hydrogen-bond acceptors (Lipinski definition) is 6. The summed E-state index contributed by atoms with van der Waals surface area (Å²) in [7, 11) is 3.31. The molecule has 1 aliphatic rings. The van der Waals surface area contributed by atoms with Gasteiger partial charge in [-0.25, -0.2) is 0 Å². The summed E-state index contributed by atoms with van der Waals surface area (Å²) >= 11 is 0. The average molecular weight is 476 g/mol. The summed E-state index contributed by atoms with van der Waals surface area (Å²) in [6.07, 6.45) is 0.957. The Hall–Kier alpha value is -3.91. The minimum Gasteiger partial charge on any atom is -0.493 e. The Labute approximate surface area is 204 Å². The van der Waals surface area contributed by atoms with Crippen LogP contribution < -0.4 is 14.8 Å². The zero-order chi connectivity index (χ0) is 24.9. The molecule has 1 N–H and O–H groups in total. The van der Waals surface area contributed by atoms with Gasteiger partial charge in [-0.1, -0.05) is 31.2 Å². The van der Waals surface area contributed by atoms with Crippen LogP contribution in [0.15, 0.2) is 60.7 Å². The van der Waals surface area contributed by atoms with E-state index in [1.54, 1.807) is 26.4 Å². The molecule has 3 aromatic rings. The van der Waals surface area contributed by atoms with Crippen molar-refractivity contribution in [3.8, 4) is 11.5 Å². The fourth-order valence-electron chi connectivity index (χ4n) is 4.51. The molecule has 8 nitrogen and oxygen atoms in total. The summed E-state index contributed by atoms with van der Waals surface area (Å²) in [6, 6.07) is 17.7. The maximum absolute atomic E-state index is 12.6. The topological polar surface area (TPSA) is 93.9 Å². The number of nitro groups is 1. The number of benzene rings is 3. The Morgan fingerprint density at radius 1 is 1.06 bits per heavy atom. The molecule has 4 rings (SSSR count). The van der Waals surface area contributed by atoms with E-state index >= 15 is 0 Å². The van der Waals surface area contributed by atoms with Gasteiger partial charge in [-0.2, -0.15) is 0 Å². The standard InChI is InChI=1S/C27H29N3O5/c1-18(16-29-13-12-20-14-25(34-2)26(35-3)15-21(20)17-29)19-8-10-22(11-9-19)28-27(31)23-6-4-5-7-24(23)30(32)33/h4-11,14-15,18H,12-13,16-17H2,1-3H3,(H,28,31). The van der Waals surface area contributed by atoms with Gasteiger partial charge in [-0.15, -0.1) is 0 Å². The normalized spacial score (nSPS) is 14.0. The van der Waals surface area contributed by atoms with Gasteiger partial charge in [0.2, 0.25) is 0 Å². The van der Waals surface area contributed by atoms with Gasteiger partial charge in [0.05, 0.1) is 19.1 Å². The molecule has 3 aromatic carbocycles. The van der Waals surface area contributed by atoms with Crippen molar-refractivity contribution in [3.63, 3.8) is 0 Å². The van der Waals surface area contributed by atoms with Gasteiger partial charge >= 0.3 is 0 Å². The van der Waals surface area contributed by atoms with Crippen molar-refractivity contribution in [1.82, 2.24) is 4.90 Å². The van der Waals surface area contributed by atoms with E-state index in [0.29, 0.717) is 5.69 Å². The predicted octanol–water partition coefficient (Wildman–Crippen LogP) is 5.03. The lowest BCUT2D eigenvalue weighted by Gasteiger charge is -2.31. The van der Waals surface area contributed by atoms with Crippen molar-refractivity contribution in [3.05, 3.63) is 93.0 Å². The zero-order valence-electron chi connectivity index (χ0n) is 20.1. The molecule has 0 fully saturated rings. The number of amides is 1. The molecule has 0 spiro atoms. The Morgan fingerprint density at radius 3 is 2.37 bits per heavy atom. The van der Waals surface area contributed by atoms with Crippen LogP contribution in [0.1, 0.15) is 39.9 Å². The Bertz CT molecular complexity index is 1230. The number of carbonyl (C=O) groups excluding carboxylic acids is 1. The van der Waals surface area contributed by atoms with Crippen molar-refractivity contribution in [2.75, 3.05) is 32.6 Å². The first kappa shape index (κ1) is 24.2. The maximum atomic E-state index is 12.6. The molecule has 1 aliphatic heterocycles. The van der Waals surface area contributed by atoms with Crippen LogP contribution in [-0.2, 0) is 13.0 Å². The maximum Gasteiger partial charge on any atom is 0.282 e. The number of carbonyl (C=O) groups is 1. The van der Waals surface area contributed by atoms with Crippen molar-refractivity contribution < 1.29 is 19.2 Å². The van der Waals surface area contributed by atoms with Crippen LogP contribution in [0.3, 0.4) is 0 Å². The van der Waals surface area contributed by atoms with Crippen molar-refractivity contribution in [2.24, 2.45) is 0 Å². The number of fused-ring (bicyclic) bond motifs is 1. The van der Waals surface area contributed by atoms with E-state index in [9.17, 15) is 14.9 Å². The predicted molar refractivity (Wildman–Crippen MR) is 134 cm³/mol. The molecule has 35 heavy (non-hydrogen) atoms. The first-order valence-electron chi connectivity index (χ1n) is 11.5. The van der Waals surface area contributed by atoms with Crippen molar-refractivity contribution in [2.45, 2.75) is 25.8 Å². The van der Waals surface area contributed by atoms with Gasteiger partial charge in [-0.05, 0) is 59.4 Å². The van der Waals surface area contributed by atoms with Gasteiger partial charge in [0, 0.05) is 31.4 Å². The number of anilines is 1. The van der Waals surface area contributed by atoms with Crippen molar-refractivity contribution >= 4 is 17.3 Å². The van der Waals surface area contributed by atoms with E-state index in [-0.39, 0.29) is 17.2 Å². The largest absolute Gasteiger partial charge is 0.493 e. The molecule has 1 amide bonds. The minimum atomic E-state index is -0.550. The SMILES string of the molecule is COc1cc2c(cc1OC)CN(CC(C)c1ccc(NC(=O)c3ccccc3[N+](=O)[O-])cc1)CC2. The number of ether oxygens (including phenoxy) is 2. The average Bonchev–Trinajstić information content (AvgIpc) is 2.88. The van der Waals surface area contributed by atoms with Crippen LogP contribution in [0.5, 0.6) is 11.5 Å². The highest BCUT2D eigenvalue weighted by Gasteiger charge is 2.22. The third-order valence-electron chi connectivity index (χ3n) is 6.41. The molecule has 1 atom stereocenters. The molecule has 1 heterocycles. The molecule has 0 aromatic heterocycles. The third-order valence-corrected chi connectivity index (χ3v) is 6.41. The lowest BCUT2D eigenvalue weighted by molar-refractivity contribution is -0.385. The number of para-hydroxylation sites is 1. The summed E-state index contributed by atoms with van der Waals surface area (Å²) in [6.45, 7) is 4.90. The Morgan fingerprint density at radius 2 is 1.71 bits per heavy atom. The number of nitrogens with one attached hydrogen (secondary N) is 1. The number of nitro benzene ring substituents is 1. The van der Waals surface area contributed by atoms with Crippen LogP contribution in [0.25, 0.3) is 0 Å². The minimum absolute atomic E-state index is 0.0366. The van der Waals surface area contributed by atoms with E-state index in [0.717, 1.165) is 43.1 Å². The van der Waals surface area contributed by atoms with Crippen molar-refractivity contribution in [1.29, 1.82) is 0 Å². The Kier molecular flexibility index (Phi) is 7.31. The number of methoxy groups -OCH3 is 2. The second-order valence-electron chi connectivity index (χ2n) is 8.71. The van der Waals surface area contributed by atoms with E-state index in [1.165, 1.54) is 23.3 Å². The lowest BCUT2D eigenvalue weighted by Crippen LogP contribution is -2.33. The molecular weight excluding hydrogens is 446 g/mol. The van der Waals surface area contributed by atoms with Gasteiger partial charge in [0.1, 0.15) is 5.56 Å². The second kappa shape index (κ2) is 10.6. The van der Waals surface area contributed by atoms with Gasteiger partial charge in [-0.3, -0.25) is 19.8 Å². The van der Waals surface area contributed by atoms with Crippen LogP contribution >= 0.6 is 0 Å². The number of rotatable bonds is 8. The zero-order valence-corrected chi connectivity index (χ0v) is 20.1.